The molecule has 0 aliphatic carbocycles. The number of rotatable bonds is 12. The normalized spacial score (nSPS) is 12.4. The highest BCUT2D eigenvalue weighted by atomic mass is 16.4. The third kappa shape index (κ3) is 7.35. The van der Waals surface area contributed by atoms with E-state index < -0.39 is 18.1 Å². The Bertz CT molecular complexity index is 1500. The van der Waals surface area contributed by atoms with Gasteiger partial charge in [-0.15, -0.1) is 0 Å². The number of unbranched alkanes of at least 4 members (excludes halogenated alkanes) is 1. The summed E-state index contributed by atoms with van der Waals surface area (Å²) in [6.45, 7) is 3.96. The Morgan fingerprint density at radius 2 is 1.57 bits per heavy atom. The average Bonchev–Trinajstić information content (AvgIpc) is 2.96. The van der Waals surface area contributed by atoms with E-state index in [9.17, 15) is 19.5 Å². The number of carbonyl (C=O) groups is 2. The molecule has 3 aromatic carbocycles. The number of aromatic nitrogens is 1. The fourth-order valence-corrected chi connectivity index (χ4v) is 5.05. The first-order valence-electron chi connectivity index (χ1n) is 13.8. The van der Waals surface area contributed by atoms with Gasteiger partial charge in [-0.25, -0.2) is 0 Å². The van der Waals surface area contributed by atoms with Crippen LogP contribution in [0.2, 0.25) is 0 Å². The Morgan fingerprint density at radius 1 is 0.900 bits per heavy atom. The molecule has 1 amide bonds. The summed E-state index contributed by atoms with van der Waals surface area (Å²) in [7, 11) is 0. The van der Waals surface area contributed by atoms with Crippen molar-refractivity contribution in [1.82, 2.24) is 9.88 Å². The van der Waals surface area contributed by atoms with Gasteiger partial charge in [0.1, 0.15) is 6.04 Å². The van der Waals surface area contributed by atoms with Gasteiger partial charge in [-0.05, 0) is 53.3 Å². The van der Waals surface area contributed by atoms with Crippen molar-refractivity contribution in [3.05, 3.63) is 130 Å². The van der Waals surface area contributed by atoms with Crippen LogP contribution in [0.4, 0.5) is 0 Å². The first-order chi connectivity index (χ1) is 19.4. The molecule has 40 heavy (non-hydrogen) atoms. The van der Waals surface area contributed by atoms with E-state index in [2.05, 4.69) is 5.32 Å². The van der Waals surface area contributed by atoms with Crippen LogP contribution in [0, 0.1) is 6.92 Å². The van der Waals surface area contributed by atoms with Gasteiger partial charge >= 0.3 is 5.97 Å². The SMILES string of the molecule is CCCCC(C(=O)N[C@@H](CC(=O)O)c1cccc(-c2ccccc2)c1)n1cc(C)cc(Cc2ccccc2)c1=O. The second kappa shape index (κ2) is 13.6. The summed E-state index contributed by atoms with van der Waals surface area (Å²) in [6.07, 6.45) is 4.02. The third-order valence-corrected chi connectivity index (χ3v) is 7.05. The van der Waals surface area contributed by atoms with Crippen LogP contribution < -0.4 is 10.9 Å². The van der Waals surface area contributed by atoms with Crippen LogP contribution in [-0.2, 0) is 16.0 Å². The number of benzene rings is 3. The van der Waals surface area contributed by atoms with Gasteiger partial charge in [-0.2, -0.15) is 0 Å². The summed E-state index contributed by atoms with van der Waals surface area (Å²) < 4.78 is 1.54. The summed E-state index contributed by atoms with van der Waals surface area (Å²) in [5, 5.41) is 12.7. The topological polar surface area (TPSA) is 88.4 Å². The summed E-state index contributed by atoms with van der Waals surface area (Å²) in [5.74, 6) is -1.37. The van der Waals surface area contributed by atoms with Crippen molar-refractivity contribution in [2.45, 2.75) is 58.0 Å². The van der Waals surface area contributed by atoms with Gasteiger partial charge < -0.3 is 15.0 Å². The molecule has 0 bridgehead atoms. The minimum atomic E-state index is -1.02. The molecule has 0 radical (unpaired) electrons. The van der Waals surface area contributed by atoms with Crippen molar-refractivity contribution < 1.29 is 14.7 Å². The predicted molar refractivity (Wildman–Crippen MR) is 158 cm³/mol. The molecule has 1 aromatic heterocycles. The number of nitrogens with zero attached hydrogens (tertiary/aromatic N) is 1. The number of hydrogen-bond acceptors (Lipinski definition) is 3. The lowest BCUT2D eigenvalue weighted by molar-refractivity contribution is -0.137. The molecule has 0 saturated heterocycles. The number of aliphatic carboxylic acids is 1. The molecule has 6 nitrogen and oxygen atoms in total. The van der Waals surface area contributed by atoms with Gasteiger partial charge in [-0.3, -0.25) is 14.4 Å². The van der Waals surface area contributed by atoms with E-state index >= 15 is 0 Å². The van der Waals surface area contributed by atoms with Crippen molar-refractivity contribution in [3.8, 4) is 11.1 Å². The monoisotopic (exact) mass is 536 g/mol. The lowest BCUT2D eigenvalue weighted by Crippen LogP contribution is -2.40. The number of nitrogens with one attached hydrogen (secondary N) is 1. The third-order valence-electron chi connectivity index (χ3n) is 7.05. The summed E-state index contributed by atoms with van der Waals surface area (Å²) in [6, 6.07) is 27.5. The van der Waals surface area contributed by atoms with Crippen molar-refractivity contribution in [3.63, 3.8) is 0 Å². The Balaban J connectivity index is 1.67. The van der Waals surface area contributed by atoms with Gasteiger partial charge in [0.25, 0.3) is 5.56 Å². The summed E-state index contributed by atoms with van der Waals surface area (Å²) in [5.41, 5.74) is 4.97. The van der Waals surface area contributed by atoms with E-state index in [-0.39, 0.29) is 17.9 Å². The second-order valence-electron chi connectivity index (χ2n) is 10.2. The Hall–Kier alpha value is -4.45. The van der Waals surface area contributed by atoms with E-state index in [4.69, 9.17) is 0 Å². The van der Waals surface area contributed by atoms with Crippen LogP contribution in [-0.4, -0.2) is 21.6 Å². The molecule has 1 heterocycles. The average molecular weight is 537 g/mol. The highest BCUT2D eigenvalue weighted by molar-refractivity contribution is 5.82. The summed E-state index contributed by atoms with van der Waals surface area (Å²) in [4.78, 5) is 39.3. The van der Waals surface area contributed by atoms with Crippen molar-refractivity contribution in [2.75, 3.05) is 0 Å². The van der Waals surface area contributed by atoms with Crippen molar-refractivity contribution in [1.29, 1.82) is 0 Å². The first kappa shape index (κ1) is 28.6. The number of hydrogen-bond donors (Lipinski definition) is 2. The number of carboxylic acid groups (broad SMARTS) is 1. The van der Waals surface area contributed by atoms with Crippen LogP contribution in [0.3, 0.4) is 0 Å². The van der Waals surface area contributed by atoms with E-state index in [1.54, 1.807) is 6.20 Å². The van der Waals surface area contributed by atoms with Crippen LogP contribution in [0.5, 0.6) is 0 Å². The number of pyridine rings is 1. The molecule has 0 aliphatic heterocycles. The Labute approximate surface area is 235 Å². The van der Waals surface area contributed by atoms with Crippen LogP contribution >= 0.6 is 0 Å². The molecule has 0 fully saturated rings. The quantitative estimate of drug-likeness (QED) is 0.217. The maximum absolute atomic E-state index is 13.8. The predicted octanol–water partition coefficient (Wildman–Crippen LogP) is 6.48. The Kier molecular flexibility index (Phi) is 9.68. The van der Waals surface area contributed by atoms with Crippen molar-refractivity contribution >= 4 is 11.9 Å². The highest BCUT2D eigenvalue weighted by Gasteiger charge is 2.27. The maximum atomic E-state index is 13.8. The molecule has 2 N–H and O–H groups in total. The number of carbonyl (C=O) groups excluding carboxylic acids is 1. The molecule has 4 rings (SSSR count). The molecular formula is C34H36N2O4. The Morgan fingerprint density at radius 3 is 2.25 bits per heavy atom. The van der Waals surface area contributed by atoms with E-state index in [1.165, 1.54) is 4.57 Å². The molecule has 206 valence electrons. The fraction of sp³-hybridized carbons (Fsp3) is 0.265. The van der Waals surface area contributed by atoms with E-state index in [0.29, 0.717) is 24.0 Å². The van der Waals surface area contributed by atoms with E-state index in [0.717, 1.165) is 35.1 Å². The molecule has 4 aromatic rings. The zero-order valence-corrected chi connectivity index (χ0v) is 23.0. The molecule has 1 unspecified atom stereocenters. The number of amides is 1. The molecule has 0 aliphatic rings. The largest absolute Gasteiger partial charge is 0.481 e. The van der Waals surface area contributed by atoms with Gasteiger partial charge in [0.15, 0.2) is 0 Å². The van der Waals surface area contributed by atoms with Gasteiger partial charge in [0.2, 0.25) is 5.91 Å². The lowest BCUT2D eigenvalue weighted by Gasteiger charge is -2.25. The maximum Gasteiger partial charge on any atom is 0.305 e. The molecular weight excluding hydrogens is 500 g/mol. The standard InChI is InChI=1S/C34H36N2O4/c1-3-4-18-31(36-23-24(2)19-29(34(36)40)20-25-12-7-5-8-13-25)33(39)35-30(22-32(37)38)28-17-11-16-27(21-28)26-14-9-6-10-15-26/h5-17,19,21,23,30-31H,3-4,18,20,22H2,1-2H3,(H,35,39)(H,37,38)/t30-,31?/m0/s1. The minimum Gasteiger partial charge on any atom is -0.481 e. The smallest absolute Gasteiger partial charge is 0.305 e. The zero-order valence-electron chi connectivity index (χ0n) is 23.0. The summed E-state index contributed by atoms with van der Waals surface area (Å²) >= 11 is 0. The van der Waals surface area contributed by atoms with Crippen LogP contribution in [0.1, 0.15) is 66.9 Å². The molecule has 2 atom stereocenters. The number of aryl methyl sites for hydroxylation is 1. The van der Waals surface area contributed by atoms with E-state index in [1.807, 2.05) is 105 Å². The minimum absolute atomic E-state index is 0.202. The van der Waals surface area contributed by atoms with Gasteiger partial charge in [0.05, 0.1) is 12.5 Å². The van der Waals surface area contributed by atoms with Gasteiger partial charge in [-0.1, -0.05) is 98.6 Å². The van der Waals surface area contributed by atoms with Gasteiger partial charge in [0, 0.05) is 18.2 Å². The first-order valence-corrected chi connectivity index (χ1v) is 13.8. The fourth-order valence-electron chi connectivity index (χ4n) is 5.05. The molecule has 0 spiro atoms. The van der Waals surface area contributed by atoms with Crippen LogP contribution in [0.15, 0.2) is 102 Å². The second-order valence-corrected chi connectivity index (χ2v) is 10.2. The highest BCUT2D eigenvalue weighted by Crippen LogP contribution is 2.26. The van der Waals surface area contributed by atoms with Crippen molar-refractivity contribution in [2.24, 2.45) is 0 Å². The zero-order chi connectivity index (χ0) is 28.5. The lowest BCUT2D eigenvalue weighted by atomic mass is 9.97. The molecule has 0 saturated carbocycles. The van der Waals surface area contributed by atoms with Crippen LogP contribution in [0.25, 0.3) is 11.1 Å². The molecule has 6 heteroatoms. The number of carboxylic acids is 1.